The molecule has 3 aromatic rings. The third-order valence-corrected chi connectivity index (χ3v) is 4.51. The number of imidazole rings is 1. The first kappa shape index (κ1) is 19.6. The summed E-state index contributed by atoms with van der Waals surface area (Å²) >= 11 is 0. The fraction of sp³-hybridized carbons (Fsp3) is 0.400. The zero-order valence-corrected chi connectivity index (χ0v) is 17.0. The molecule has 3 rings (SSSR count). The van der Waals surface area contributed by atoms with Gasteiger partial charge in [0, 0.05) is 51.0 Å². The number of hydrogen-bond donors (Lipinski definition) is 2. The summed E-state index contributed by atoms with van der Waals surface area (Å²) in [7, 11) is 1.78. The molecule has 2 N–H and O–H groups in total. The minimum Gasteiger partial charge on any atom is -0.356 e. The highest BCUT2D eigenvalue weighted by Gasteiger charge is 2.04. The maximum atomic E-state index is 4.52. The number of nitrogens with one attached hydrogen (secondary N) is 2. The first-order valence-corrected chi connectivity index (χ1v) is 9.47. The Bertz CT molecular complexity index is 920. The molecule has 0 saturated heterocycles. The normalized spacial score (nSPS) is 11.6. The Morgan fingerprint density at radius 1 is 1.14 bits per heavy atom. The minimum atomic E-state index is 0.660. The number of hydrogen-bond acceptors (Lipinski definition) is 4. The topological polar surface area (TPSA) is 85.0 Å². The summed E-state index contributed by atoms with van der Waals surface area (Å²) in [6.45, 7) is 8.44. The van der Waals surface area contributed by atoms with Crippen LogP contribution in [0.1, 0.15) is 29.2 Å². The largest absolute Gasteiger partial charge is 0.356 e. The summed E-state index contributed by atoms with van der Waals surface area (Å²) in [6, 6.07) is 6.16. The Kier molecular flexibility index (Phi) is 6.41. The maximum absolute atomic E-state index is 4.52. The van der Waals surface area contributed by atoms with Gasteiger partial charge in [-0.2, -0.15) is 5.10 Å². The van der Waals surface area contributed by atoms with E-state index >= 15 is 0 Å². The molecule has 3 aromatic heterocycles. The molecule has 0 bridgehead atoms. The van der Waals surface area contributed by atoms with Crippen molar-refractivity contribution in [3.05, 3.63) is 59.6 Å². The molecule has 0 fully saturated rings. The third kappa shape index (κ3) is 4.97. The van der Waals surface area contributed by atoms with Crippen LogP contribution in [0.2, 0.25) is 0 Å². The quantitative estimate of drug-likeness (QED) is 0.373. The second-order valence-corrected chi connectivity index (χ2v) is 6.73. The van der Waals surface area contributed by atoms with E-state index in [2.05, 4.69) is 49.7 Å². The van der Waals surface area contributed by atoms with Gasteiger partial charge in [0.15, 0.2) is 5.96 Å². The van der Waals surface area contributed by atoms with E-state index in [0.717, 1.165) is 48.4 Å². The van der Waals surface area contributed by atoms with E-state index in [-0.39, 0.29) is 0 Å². The molecular formula is C20H28N8. The van der Waals surface area contributed by atoms with Gasteiger partial charge in [-0.1, -0.05) is 6.07 Å². The molecule has 3 heterocycles. The van der Waals surface area contributed by atoms with E-state index in [1.165, 1.54) is 5.69 Å². The molecule has 0 aliphatic carbocycles. The highest BCUT2D eigenvalue weighted by Crippen LogP contribution is 2.08. The van der Waals surface area contributed by atoms with Crippen LogP contribution in [-0.4, -0.2) is 43.9 Å². The second-order valence-electron chi connectivity index (χ2n) is 6.73. The number of guanidine groups is 1. The molecule has 148 valence electrons. The van der Waals surface area contributed by atoms with Crippen LogP contribution in [0.4, 0.5) is 0 Å². The van der Waals surface area contributed by atoms with Crippen molar-refractivity contribution in [1.82, 2.24) is 34.9 Å². The summed E-state index contributed by atoms with van der Waals surface area (Å²) in [6.07, 6.45) is 6.53. The summed E-state index contributed by atoms with van der Waals surface area (Å²) in [5.41, 5.74) is 3.35. The van der Waals surface area contributed by atoms with Crippen LogP contribution in [0.5, 0.6) is 0 Å². The molecule has 0 aliphatic heterocycles. The molecule has 0 aromatic carbocycles. The molecule has 0 aliphatic rings. The molecule has 0 saturated carbocycles. The van der Waals surface area contributed by atoms with Crippen LogP contribution in [0.15, 0.2) is 41.8 Å². The van der Waals surface area contributed by atoms with Gasteiger partial charge in [0.05, 0.1) is 5.69 Å². The van der Waals surface area contributed by atoms with Gasteiger partial charge in [-0.25, -0.2) is 9.97 Å². The Labute approximate surface area is 165 Å². The molecule has 28 heavy (non-hydrogen) atoms. The lowest BCUT2D eigenvalue weighted by Gasteiger charge is -2.12. The lowest BCUT2D eigenvalue weighted by Crippen LogP contribution is -2.37. The second kappa shape index (κ2) is 9.16. The average Bonchev–Trinajstić information content (AvgIpc) is 3.26. The Morgan fingerprint density at radius 2 is 2.00 bits per heavy atom. The lowest BCUT2D eigenvalue weighted by molar-refractivity contribution is 0.555. The van der Waals surface area contributed by atoms with Gasteiger partial charge in [-0.15, -0.1) is 0 Å². The van der Waals surface area contributed by atoms with Crippen LogP contribution >= 0.6 is 0 Å². The number of nitrogens with zero attached hydrogens (tertiary/aromatic N) is 6. The Morgan fingerprint density at radius 3 is 2.61 bits per heavy atom. The van der Waals surface area contributed by atoms with E-state index in [4.69, 9.17) is 0 Å². The minimum absolute atomic E-state index is 0.660. The van der Waals surface area contributed by atoms with Crippen molar-refractivity contribution in [2.75, 3.05) is 13.6 Å². The van der Waals surface area contributed by atoms with Crippen molar-refractivity contribution in [2.45, 2.75) is 40.3 Å². The predicted octanol–water partition coefficient (Wildman–Crippen LogP) is 2.14. The number of rotatable bonds is 7. The molecule has 0 atom stereocenters. The predicted molar refractivity (Wildman–Crippen MR) is 111 cm³/mol. The van der Waals surface area contributed by atoms with Gasteiger partial charge < -0.3 is 10.6 Å². The van der Waals surface area contributed by atoms with Crippen LogP contribution in [0.3, 0.4) is 0 Å². The van der Waals surface area contributed by atoms with Gasteiger partial charge >= 0.3 is 0 Å². The van der Waals surface area contributed by atoms with Crippen LogP contribution in [0.25, 0.3) is 5.82 Å². The van der Waals surface area contributed by atoms with Gasteiger partial charge in [-0.3, -0.25) is 14.2 Å². The lowest BCUT2D eigenvalue weighted by atomic mass is 10.3. The van der Waals surface area contributed by atoms with Crippen molar-refractivity contribution in [3.8, 4) is 5.82 Å². The van der Waals surface area contributed by atoms with Crippen molar-refractivity contribution >= 4 is 5.96 Å². The van der Waals surface area contributed by atoms with Gasteiger partial charge in [0.25, 0.3) is 0 Å². The standard InChI is InChI=1S/C20H28N8/c1-15-12-16(2)28(26-15)10-5-8-23-20(21-4)25-14-18-6-7-19(24-13-18)27-11-9-22-17(27)3/h6-7,9,11-13H,5,8,10,14H2,1-4H3,(H2,21,23,25). The summed E-state index contributed by atoms with van der Waals surface area (Å²) < 4.78 is 4.00. The molecule has 0 radical (unpaired) electrons. The highest BCUT2D eigenvalue weighted by atomic mass is 15.3. The SMILES string of the molecule is CN=C(NCCCn1nc(C)cc1C)NCc1ccc(-n2ccnc2C)nc1. The van der Waals surface area contributed by atoms with Crippen molar-refractivity contribution < 1.29 is 0 Å². The van der Waals surface area contributed by atoms with E-state index in [1.807, 2.05) is 41.6 Å². The average molecular weight is 381 g/mol. The van der Waals surface area contributed by atoms with Gasteiger partial charge in [-0.05, 0) is 44.9 Å². The molecule has 8 nitrogen and oxygen atoms in total. The first-order valence-electron chi connectivity index (χ1n) is 9.47. The fourth-order valence-electron chi connectivity index (χ4n) is 3.03. The first-order chi connectivity index (χ1) is 13.6. The summed E-state index contributed by atoms with van der Waals surface area (Å²) in [5.74, 6) is 2.57. The van der Waals surface area contributed by atoms with Gasteiger partial charge in [0.2, 0.25) is 0 Å². The van der Waals surface area contributed by atoms with Crippen molar-refractivity contribution in [2.24, 2.45) is 4.99 Å². The number of aliphatic imine (C=N–C) groups is 1. The highest BCUT2D eigenvalue weighted by molar-refractivity contribution is 5.79. The number of aryl methyl sites for hydroxylation is 4. The van der Waals surface area contributed by atoms with Crippen LogP contribution < -0.4 is 10.6 Å². The van der Waals surface area contributed by atoms with E-state index in [9.17, 15) is 0 Å². The molecular weight excluding hydrogens is 352 g/mol. The summed E-state index contributed by atoms with van der Waals surface area (Å²) in [4.78, 5) is 13.0. The van der Waals surface area contributed by atoms with Crippen LogP contribution in [-0.2, 0) is 13.1 Å². The maximum Gasteiger partial charge on any atom is 0.191 e. The van der Waals surface area contributed by atoms with Crippen molar-refractivity contribution in [3.63, 3.8) is 0 Å². The molecule has 0 unspecified atom stereocenters. The van der Waals surface area contributed by atoms with E-state index in [1.54, 1.807) is 13.2 Å². The zero-order chi connectivity index (χ0) is 19.9. The number of pyridine rings is 1. The van der Waals surface area contributed by atoms with Crippen molar-refractivity contribution in [1.29, 1.82) is 0 Å². The summed E-state index contributed by atoms with van der Waals surface area (Å²) in [5, 5.41) is 11.1. The smallest absolute Gasteiger partial charge is 0.191 e. The molecule has 0 spiro atoms. The van der Waals surface area contributed by atoms with E-state index < -0.39 is 0 Å². The molecule has 0 amide bonds. The van der Waals surface area contributed by atoms with Crippen LogP contribution in [0, 0.1) is 20.8 Å². The fourth-order valence-corrected chi connectivity index (χ4v) is 3.03. The third-order valence-electron chi connectivity index (χ3n) is 4.51. The number of aromatic nitrogens is 5. The van der Waals surface area contributed by atoms with E-state index in [0.29, 0.717) is 6.54 Å². The monoisotopic (exact) mass is 380 g/mol. The molecule has 8 heteroatoms. The zero-order valence-electron chi connectivity index (χ0n) is 17.0. The Hall–Kier alpha value is -3.16. The Balaban J connectivity index is 1.43. The van der Waals surface area contributed by atoms with Gasteiger partial charge in [0.1, 0.15) is 11.6 Å².